The van der Waals surface area contributed by atoms with Gasteiger partial charge in [0.2, 0.25) is 11.6 Å². The Kier molecular flexibility index (Phi) is 2.64. The number of anilines is 1. The van der Waals surface area contributed by atoms with Crippen LogP contribution in [0.25, 0.3) is 23.1 Å². The van der Waals surface area contributed by atoms with Crippen LogP contribution in [-0.2, 0) is 0 Å². The van der Waals surface area contributed by atoms with Crippen LogP contribution in [0.4, 0.5) is 10.1 Å². The van der Waals surface area contributed by atoms with E-state index in [0.29, 0.717) is 11.4 Å². The van der Waals surface area contributed by atoms with E-state index in [2.05, 4.69) is 20.1 Å². The number of nitrogens with zero attached hydrogens (tertiary/aromatic N) is 4. The minimum atomic E-state index is -0.491. The fourth-order valence-electron chi connectivity index (χ4n) is 1.52. The van der Waals surface area contributed by atoms with Gasteiger partial charge in [-0.05, 0) is 24.3 Å². The Morgan fingerprint density at radius 1 is 1.11 bits per heavy atom. The molecular formula is C12H8FN5O. The van der Waals surface area contributed by atoms with Crippen LogP contribution in [0.3, 0.4) is 0 Å². The summed E-state index contributed by atoms with van der Waals surface area (Å²) in [5, 5.41) is 3.77. The molecule has 7 heteroatoms. The highest BCUT2D eigenvalue weighted by molar-refractivity contribution is 5.61. The summed E-state index contributed by atoms with van der Waals surface area (Å²) in [5.41, 5.74) is 6.04. The highest BCUT2D eigenvalue weighted by Crippen LogP contribution is 2.23. The third-order valence-electron chi connectivity index (χ3n) is 2.43. The number of nitrogen functional groups attached to an aromatic ring is 1. The Morgan fingerprint density at radius 3 is 2.63 bits per heavy atom. The van der Waals surface area contributed by atoms with Crippen molar-refractivity contribution in [3.05, 3.63) is 42.5 Å². The molecule has 0 saturated heterocycles. The van der Waals surface area contributed by atoms with Gasteiger partial charge in [0.25, 0.3) is 5.89 Å². The van der Waals surface area contributed by atoms with Crippen LogP contribution in [0.1, 0.15) is 0 Å². The number of nitrogens with two attached hydrogens (primary N) is 1. The molecule has 0 radical (unpaired) electrons. The summed E-state index contributed by atoms with van der Waals surface area (Å²) in [6, 6.07) is 5.87. The Labute approximate surface area is 107 Å². The second-order valence-electron chi connectivity index (χ2n) is 3.73. The summed E-state index contributed by atoms with van der Waals surface area (Å²) >= 11 is 0. The van der Waals surface area contributed by atoms with Gasteiger partial charge in [-0.15, -0.1) is 0 Å². The standard InChI is InChI=1S/C12H8FN5O/c13-8-3-2-7(6-9(8)14)12-17-11(18-19-12)10-15-4-1-5-16-10/h1-6H,14H2. The molecule has 0 amide bonds. The minimum absolute atomic E-state index is 0.0215. The van der Waals surface area contributed by atoms with Crippen molar-refractivity contribution in [3.63, 3.8) is 0 Å². The monoisotopic (exact) mass is 257 g/mol. The molecule has 2 N–H and O–H groups in total. The van der Waals surface area contributed by atoms with Crippen molar-refractivity contribution in [1.82, 2.24) is 20.1 Å². The van der Waals surface area contributed by atoms with E-state index < -0.39 is 5.82 Å². The van der Waals surface area contributed by atoms with Crippen molar-refractivity contribution in [1.29, 1.82) is 0 Å². The van der Waals surface area contributed by atoms with Crippen molar-refractivity contribution in [3.8, 4) is 23.1 Å². The predicted molar refractivity (Wildman–Crippen MR) is 65.1 cm³/mol. The van der Waals surface area contributed by atoms with E-state index in [1.54, 1.807) is 18.5 Å². The first-order valence-corrected chi connectivity index (χ1v) is 5.40. The van der Waals surface area contributed by atoms with Crippen molar-refractivity contribution in [2.75, 3.05) is 5.73 Å². The quantitative estimate of drug-likeness (QED) is 0.705. The minimum Gasteiger partial charge on any atom is -0.396 e. The lowest BCUT2D eigenvalue weighted by molar-refractivity contribution is 0.432. The molecule has 94 valence electrons. The van der Waals surface area contributed by atoms with Crippen molar-refractivity contribution in [2.24, 2.45) is 0 Å². The lowest BCUT2D eigenvalue weighted by Crippen LogP contribution is -1.91. The van der Waals surface area contributed by atoms with Crippen molar-refractivity contribution < 1.29 is 8.91 Å². The largest absolute Gasteiger partial charge is 0.396 e. The van der Waals surface area contributed by atoms with Gasteiger partial charge in [-0.25, -0.2) is 14.4 Å². The molecule has 0 aliphatic heterocycles. The molecule has 0 aliphatic rings. The zero-order valence-corrected chi connectivity index (χ0v) is 9.62. The first-order valence-electron chi connectivity index (χ1n) is 5.40. The molecule has 2 heterocycles. The maximum atomic E-state index is 13.1. The normalized spacial score (nSPS) is 10.6. The molecule has 3 rings (SSSR count). The summed E-state index contributed by atoms with van der Waals surface area (Å²) in [7, 11) is 0. The van der Waals surface area contributed by atoms with Crippen LogP contribution in [-0.4, -0.2) is 20.1 Å². The lowest BCUT2D eigenvalue weighted by Gasteiger charge is -1.97. The second-order valence-corrected chi connectivity index (χ2v) is 3.73. The number of hydrogen-bond acceptors (Lipinski definition) is 6. The number of halogens is 1. The average molecular weight is 257 g/mol. The number of benzene rings is 1. The van der Waals surface area contributed by atoms with E-state index in [9.17, 15) is 4.39 Å². The summed E-state index contributed by atoms with van der Waals surface area (Å²) in [4.78, 5) is 12.2. The van der Waals surface area contributed by atoms with Gasteiger partial charge >= 0.3 is 0 Å². The number of hydrogen-bond donors (Lipinski definition) is 1. The molecule has 19 heavy (non-hydrogen) atoms. The van der Waals surface area contributed by atoms with Gasteiger partial charge < -0.3 is 10.3 Å². The van der Waals surface area contributed by atoms with E-state index >= 15 is 0 Å². The molecule has 3 aromatic rings. The first-order chi connectivity index (χ1) is 9.24. The summed E-state index contributed by atoms with van der Waals surface area (Å²) in [5.74, 6) is 0.357. The van der Waals surface area contributed by atoms with Crippen LogP contribution in [0, 0.1) is 5.82 Å². The summed E-state index contributed by atoms with van der Waals surface area (Å²) in [6.45, 7) is 0. The van der Waals surface area contributed by atoms with E-state index in [1.165, 1.54) is 18.2 Å². The average Bonchev–Trinajstić information content (AvgIpc) is 2.93. The molecule has 0 unspecified atom stereocenters. The predicted octanol–water partition coefficient (Wildman–Crippen LogP) is 1.91. The maximum Gasteiger partial charge on any atom is 0.258 e. The molecule has 0 atom stereocenters. The van der Waals surface area contributed by atoms with Crippen LogP contribution in [0.15, 0.2) is 41.2 Å². The Hall–Kier alpha value is -2.83. The Balaban J connectivity index is 1.99. The first kappa shape index (κ1) is 11.3. The topological polar surface area (TPSA) is 90.7 Å². The maximum absolute atomic E-state index is 13.1. The molecule has 0 saturated carbocycles. The fourth-order valence-corrected chi connectivity index (χ4v) is 1.52. The molecule has 6 nitrogen and oxygen atoms in total. The van der Waals surface area contributed by atoms with Crippen molar-refractivity contribution in [2.45, 2.75) is 0 Å². The number of rotatable bonds is 2. The third kappa shape index (κ3) is 2.13. The van der Waals surface area contributed by atoms with Gasteiger partial charge in [0.1, 0.15) is 5.82 Å². The molecule has 0 fully saturated rings. The summed E-state index contributed by atoms with van der Waals surface area (Å²) < 4.78 is 18.2. The van der Waals surface area contributed by atoms with E-state index in [4.69, 9.17) is 10.3 Å². The van der Waals surface area contributed by atoms with Gasteiger partial charge in [-0.1, -0.05) is 5.16 Å². The number of aromatic nitrogens is 4. The zero-order valence-electron chi connectivity index (χ0n) is 9.62. The smallest absolute Gasteiger partial charge is 0.258 e. The zero-order chi connectivity index (χ0) is 13.2. The Morgan fingerprint density at radius 2 is 1.89 bits per heavy atom. The van der Waals surface area contributed by atoms with Crippen LogP contribution < -0.4 is 5.73 Å². The van der Waals surface area contributed by atoms with Gasteiger partial charge in [0, 0.05) is 18.0 Å². The highest BCUT2D eigenvalue weighted by Gasteiger charge is 2.13. The molecule has 0 aliphatic carbocycles. The van der Waals surface area contributed by atoms with Gasteiger partial charge in [0.05, 0.1) is 5.69 Å². The van der Waals surface area contributed by atoms with E-state index in [1.807, 2.05) is 0 Å². The molecular weight excluding hydrogens is 249 g/mol. The van der Waals surface area contributed by atoms with E-state index in [-0.39, 0.29) is 17.4 Å². The molecule has 2 aromatic heterocycles. The highest BCUT2D eigenvalue weighted by atomic mass is 19.1. The molecule has 0 bridgehead atoms. The molecule has 1 aromatic carbocycles. The third-order valence-corrected chi connectivity index (χ3v) is 2.43. The lowest BCUT2D eigenvalue weighted by atomic mass is 10.2. The van der Waals surface area contributed by atoms with Crippen molar-refractivity contribution >= 4 is 5.69 Å². The fraction of sp³-hybridized carbons (Fsp3) is 0. The van der Waals surface area contributed by atoms with Crippen LogP contribution in [0.2, 0.25) is 0 Å². The molecule has 0 spiro atoms. The van der Waals surface area contributed by atoms with Gasteiger partial charge in [-0.2, -0.15) is 4.98 Å². The second kappa shape index (κ2) is 4.45. The summed E-state index contributed by atoms with van der Waals surface area (Å²) in [6.07, 6.45) is 3.16. The van der Waals surface area contributed by atoms with Gasteiger partial charge in [-0.3, -0.25) is 0 Å². The van der Waals surface area contributed by atoms with Gasteiger partial charge in [0.15, 0.2) is 0 Å². The van der Waals surface area contributed by atoms with E-state index in [0.717, 1.165) is 0 Å². The van der Waals surface area contributed by atoms with Crippen LogP contribution >= 0.6 is 0 Å². The SMILES string of the molecule is Nc1cc(-c2nc(-c3ncccn3)no2)ccc1F. The van der Waals surface area contributed by atoms with Crippen LogP contribution in [0.5, 0.6) is 0 Å². The Bertz CT molecular complexity index is 713.